The smallest absolute Gasteiger partial charge is 0.326 e. The molecule has 2 N–H and O–H groups in total. The average Bonchev–Trinajstić information content (AvgIpc) is 1.98. The summed E-state index contributed by atoms with van der Waals surface area (Å²) < 4.78 is 0.524. The molecule has 0 aliphatic rings. The lowest BCUT2D eigenvalue weighted by Gasteiger charge is -2.18. The minimum absolute atomic E-state index is 0.0348. The standard InChI is InChI=1S/C7H13NO2S2/c1-4(2)5(6(9)10)8-7(11)12-3/h4-5H,1-3H3,(H,8,11)(H,9,10)/t5-/m0/s1. The maximum atomic E-state index is 10.7. The number of thiocarbonyl (C=S) groups is 1. The SMILES string of the molecule is CSC(=S)N[C@H](C(=O)O)C(C)C. The van der Waals surface area contributed by atoms with Gasteiger partial charge in [-0.1, -0.05) is 26.1 Å². The first-order valence-electron chi connectivity index (χ1n) is 3.56. The highest BCUT2D eigenvalue weighted by Crippen LogP contribution is 2.04. The minimum Gasteiger partial charge on any atom is -0.480 e. The van der Waals surface area contributed by atoms with Gasteiger partial charge in [0.05, 0.1) is 0 Å². The van der Waals surface area contributed by atoms with Gasteiger partial charge >= 0.3 is 5.97 Å². The van der Waals surface area contributed by atoms with Gasteiger partial charge in [-0.15, -0.1) is 11.8 Å². The van der Waals surface area contributed by atoms with Crippen LogP contribution in [-0.2, 0) is 4.79 Å². The number of thioether (sulfide) groups is 1. The van der Waals surface area contributed by atoms with E-state index in [0.29, 0.717) is 4.32 Å². The van der Waals surface area contributed by atoms with Crippen molar-refractivity contribution >= 4 is 34.3 Å². The first kappa shape index (κ1) is 11.7. The predicted octanol–water partition coefficient (Wildman–Crippen LogP) is 1.33. The molecule has 0 aromatic heterocycles. The molecule has 0 fully saturated rings. The third-order valence-electron chi connectivity index (χ3n) is 1.39. The zero-order valence-electron chi connectivity index (χ0n) is 7.33. The van der Waals surface area contributed by atoms with E-state index in [4.69, 9.17) is 17.3 Å². The van der Waals surface area contributed by atoms with Gasteiger partial charge in [0.25, 0.3) is 0 Å². The van der Waals surface area contributed by atoms with Gasteiger partial charge in [0.2, 0.25) is 0 Å². The molecule has 0 saturated heterocycles. The van der Waals surface area contributed by atoms with E-state index in [9.17, 15) is 4.79 Å². The van der Waals surface area contributed by atoms with Crippen LogP contribution in [0.4, 0.5) is 0 Å². The summed E-state index contributed by atoms with van der Waals surface area (Å²) in [5, 5.41) is 11.5. The van der Waals surface area contributed by atoms with Crippen molar-refractivity contribution in [2.45, 2.75) is 19.9 Å². The molecule has 0 spiro atoms. The fourth-order valence-corrected chi connectivity index (χ4v) is 1.07. The Kier molecular flexibility index (Phi) is 5.24. The Morgan fingerprint density at radius 1 is 1.58 bits per heavy atom. The quantitative estimate of drug-likeness (QED) is 0.684. The summed E-state index contributed by atoms with van der Waals surface area (Å²) in [5.74, 6) is -0.825. The van der Waals surface area contributed by atoms with Gasteiger partial charge in [-0.05, 0) is 12.2 Å². The Morgan fingerprint density at radius 3 is 2.33 bits per heavy atom. The summed E-state index contributed by atoms with van der Waals surface area (Å²) in [5.41, 5.74) is 0. The fourth-order valence-electron chi connectivity index (χ4n) is 0.699. The average molecular weight is 207 g/mol. The molecule has 0 aromatic carbocycles. The Bertz CT molecular complexity index is 182. The highest BCUT2D eigenvalue weighted by Gasteiger charge is 2.21. The summed E-state index contributed by atoms with van der Waals surface area (Å²) in [6, 6.07) is -0.579. The van der Waals surface area contributed by atoms with Crippen molar-refractivity contribution in [1.82, 2.24) is 5.32 Å². The molecule has 1 atom stereocenters. The Hall–Kier alpha value is -0.290. The van der Waals surface area contributed by atoms with Crippen LogP contribution in [-0.4, -0.2) is 27.7 Å². The summed E-state index contributed by atoms with van der Waals surface area (Å²) in [6.45, 7) is 3.68. The second-order valence-corrected chi connectivity index (χ2v) is 4.18. The second-order valence-electron chi connectivity index (χ2n) is 2.70. The van der Waals surface area contributed by atoms with Gasteiger partial charge < -0.3 is 10.4 Å². The van der Waals surface area contributed by atoms with E-state index in [1.54, 1.807) is 0 Å². The zero-order valence-corrected chi connectivity index (χ0v) is 8.96. The van der Waals surface area contributed by atoms with Gasteiger partial charge in [0, 0.05) is 0 Å². The van der Waals surface area contributed by atoms with Crippen LogP contribution in [0.2, 0.25) is 0 Å². The van der Waals surface area contributed by atoms with Crippen LogP contribution >= 0.6 is 24.0 Å². The van der Waals surface area contributed by atoms with Crippen LogP contribution in [0.1, 0.15) is 13.8 Å². The topological polar surface area (TPSA) is 49.3 Å². The Morgan fingerprint density at radius 2 is 2.08 bits per heavy atom. The number of rotatable bonds is 3. The molecule has 0 rings (SSSR count). The molecule has 0 aliphatic carbocycles. The molecule has 0 heterocycles. The maximum Gasteiger partial charge on any atom is 0.326 e. The zero-order chi connectivity index (χ0) is 9.72. The summed E-state index contributed by atoms with van der Waals surface area (Å²) in [6.07, 6.45) is 1.81. The van der Waals surface area contributed by atoms with Gasteiger partial charge in [-0.25, -0.2) is 4.79 Å². The summed E-state index contributed by atoms with van der Waals surface area (Å²) >= 11 is 6.20. The van der Waals surface area contributed by atoms with E-state index in [-0.39, 0.29) is 5.92 Å². The van der Waals surface area contributed by atoms with Crippen molar-refractivity contribution < 1.29 is 9.90 Å². The van der Waals surface area contributed by atoms with E-state index in [2.05, 4.69) is 5.32 Å². The van der Waals surface area contributed by atoms with Crippen molar-refractivity contribution in [3.8, 4) is 0 Å². The monoisotopic (exact) mass is 207 g/mol. The van der Waals surface area contributed by atoms with Crippen LogP contribution in [0.25, 0.3) is 0 Å². The van der Waals surface area contributed by atoms with E-state index < -0.39 is 12.0 Å². The van der Waals surface area contributed by atoms with E-state index in [0.717, 1.165) is 0 Å². The largest absolute Gasteiger partial charge is 0.480 e. The lowest BCUT2D eigenvalue weighted by molar-refractivity contribution is -0.140. The van der Waals surface area contributed by atoms with Gasteiger partial charge in [-0.3, -0.25) is 0 Å². The Labute approximate surface area is 81.9 Å². The summed E-state index contributed by atoms with van der Waals surface area (Å²) in [4.78, 5) is 10.7. The highest BCUT2D eigenvalue weighted by molar-refractivity contribution is 8.22. The molecule has 0 bridgehead atoms. The fraction of sp³-hybridized carbons (Fsp3) is 0.714. The maximum absolute atomic E-state index is 10.7. The molecule has 0 unspecified atom stereocenters. The predicted molar refractivity (Wildman–Crippen MR) is 55.5 cm³/mol. The molecule has 0 radical (unpaired) electrons. The molecule has 0 aliphatic heterocycles. The van der Waals surface area contributed by atoms with Crippen molar-refractivity contribution in [3.63, 3.8) is 0 Å². The molecule has 70 valence electrons. The number of carboxylic acids is 1. The van der Waals surface area contributed by atoms with Gasteiger partial charge in [0.15, 0.2) is 0 Å². The molecule has 0 aromatic rings. The molecular weight excluding hydrogens is 194 g/mol. The van der Waals surface area contributed by atoms with Crippen LogP contribution in [0.3, 0.4) is 0 Å². The first-order chi connectivity index (χ1) is 5.49. The Balaban J connectivity index is 4.14. The van der Waals surface area contributed by atoms with E-state index in [1.165, 1.54) is 11.8 Å². The molecular formula is C7H13NO2S2. The van der Waals surface area contributed by atoms with Gasteiger partial charge in [0.1, 0.15) is 10.4 Å². The number of carboxylic acid groups (broad SMARTS) is 1. The summed E-state index contributed by atoms with van der Waals surface area (Å²) in [7, 11) is 0. The molecule has 0 saturated carbocycles. The number of aliphatic carboxylic acids is 1. The minimum atomic E-state index is -0.860. The van der Waals surface area contributed by atoms with Crippen molar-refractivity contribution in [3.05, 3.63) is 0 Å². The molecule has 5 heteroatoms. The molecule has 12 heavy (non-hydrogen) atoms. The van der Waals surface area contributed by atoms with E-state index >= 15 is 0 Å². The van der Waals surface area contributed by atoms with Crippen molar-refractivity contribution in [1.29, 1.82) is 0 Å². The highest BCUT2D eigenvalue weighted by atomic mass is 32.2. The van der Waals surface area contributed by atoms with Crippen LogP contribution in [0, 0.1) is 5.92 Å². The number of carbonyl (C=O) groups is 1. The number of hydrogen-bond acceptors (Lipinski definition) is 3. The van der Waals surface area contributed by atoms with Crippen molar-refractivity contribution in [2.75, 3.05) is 6.26 Å². The first-order valence-corrected chi connectivity index (χ1v) is 5.19. The second kappa shape index (κ2) is 5.37. The lowest BCUT2D eigenvalue weighted by Crippen LogP contribution is -2.42. The number of hydrogen-bond donors (Lipinski definition) is 2. The molecule has 3 nitrogen and oxygen atoms in total. The van der Waals surface area contributed by atoms with Crippen LogP contribution in [0.15, 0.2) is 0 Å². The van der Waals surface area contributed by atoms with Crippen LogP contribution in [0.5, 0.6) is 0 Å². The van der Waals surface area contributed by atoms with Crippen LogP contribution < -0.4 is 5.32 Å². The normalized spacial score (nSPS) is 12.7. The lowest BCUT2D eigenvalue weighted by atomic mass is 10.1. The van der Waals surface area contributed by atoms with Crippen molar-refractivity contribution in [2.24, 2.45) is 5.92 Å². The van der Waals surface area contributed by atoms with Gasteiger partial charge in [-0.2, -0.15) is 0 Å². The molecule has 0 amide bonds. The number of nitrogens with one attached hydrogen (secondary N) is 1. The third-order valence-corrected chi connectivity index (χ3v) is 2.50. The third kappa shape index (κ3) is 3.92. The van der Waals surface area contributed by atoms with E-state index in [1.807, 2.05) is 20.1 Å².